The molecule has 1 saturated carbocycles. The lowest BCUT2D eigenvalue weighted by molar-refractivity contribution is -0.139. The number of aromatic hydroxyl groups is 1. The maximum Gasteiger partial charge on any atom is 0.255 e. The Labute approximate surface area is 238 Å². The zero-order valence-corrected chi connectivity index (χ0v) is 24.0. The molecule has 3 aliphatic carbocycles. The summed E-state index contributed by atoms with van der Waals surface area (Å²) in [6.07, 6.45) is 0.595. The number of hydrogen-bond acceptors (Lipinski definition) is 9. The molecule has 0 saturated heterocycles. The Morgan fingerprint density at radius 2 is 1.71 bits per heavy atom. The van der Waals surface area contributed by atoms with Gasteiger partial charge in [0.2, 0.25) is 0 Å². The second-order valence-electron chi connectivity index (χ2n) is 11.7. The number of nitrogens with zero attached hydrogens (tertiary/aromatic N) is 2. The van der Waals surface area contributed by atoms with E-state index < -0.39 is 52.1 Å². The lowest BCUT2D eigenvalue weighted by Gasteiger charge is -2.51. The van der Waals surface area contributed by atoms with Crippen molar-refractivity contribution in [3.05, 3.63) is 58.4 Å². The SMILES string of the molecule is COc1ccc(-c2cc(N(C)C)c3c(c2O)C(O)=C2C(=O)[C@]4(C)C(O)=C(C(N)=O)C(=O)[C@@H](N(C)C)[C@@H]4C[C@@H]2C3)cc1. The number of benzene rings is 2. The number of fused-ring (bicyclic) bond motifs is 3. The molecule has 0 heterocycles. The zero-order chi connectivity index (χ0) is 30.1. The van der Waals surface area contributed by atoms with Gasteiger partial charge in [0.1, 0.15) is 28.6 Å². The first kappa shape index (κ1) is 28.2. The van der Waals surface area contributed by atoms with E-state index in [-0.39, 0.29) is 29.1 Å². The average Bonchev–Trinajstić information content (AvgIpc) is 2.90. The van der Waals surface area contributed by atoms with Gasteiger partial charge < -0.3 is 30.7 Å². The molecule has 1 amide bonds. The van der Waals surface area contributed by atoms with Crippen LogP contribution in [0.25, 0.3) is 16.9 Å². The van der Waals surface area contributed by atoms with Crippen molar-refractivity contribution in [2.24, 2.45) is 23.0 Å². The van der Waals surface area contributed by atoms with Crippen LogP contribution in [0, 0.1) is 17.3 Å². The number of carbonyl (C=O) groups is 3. The molecule has 10 heteroatoms. The van der Waals surface area contributed by atoms with Crippen molar-refractivity contribution in [1.29, 1.82) is 0 Å². The van der Waals surface area contributed by atoms with Gasteiger partial charge in [-0.3, -0.25) is 19.3 Å². The summed E-state index contributed by atoms with van der Waals surface area (Å²) >= 11 is 0. The van der Waals surface area contributed by atoms with E-state index >= 15 is 0 Å². The molecule has 0 aliphatic heterocycles. The van der Waals surface area contributed by atoms with Crippen LogP contribution in [0.1, 0.15) is 24.5 Å². The van der Waals surface area contributed by atoms with Crippen LogP contribution in [-0.2, 0) is 20.8 Å². The van der Waals surface area contributed by atoms with Crippen molar-refractivity contribution in [1.82, 2.24) is 4.90 Å². The van der Waals surface area contributed by atoms with Crippen LogP contribution in [0.2, 0.25) is 0 Å². The molecule has 4 atom stereocenters. The number of phenols is 1. The minimum atomic E-state index is -1.68. The van der Waals surface area contributed by atoms with E-state index in [9.17, 15) is 29.7 Å². The van der Waals surface area contributed by atoms with Crippen molar-refractivity contribution >= 4 is 28.9 Å². The van der Waals surface area contributed by atoms with Gasteiger partial charge in [-0.25, -0.2) is 0 Å². The topological polar surface area (TPSA) is 154 Å². The Morgan fingerprint density at radius 3 is 2.24 bits per heavy atom. The molecule has 0 aromatic heterocycles. The molecule has 2 aromatic carbocycles. The zero-order valence-electron chi connectivity index (χ0n) is 24.0. The first-order valence-electron chi connectivity index (χ1n) is 13.4. The number of allylic oxidation sites excluding steroid dienone is 2. The first-order chi connectivity index (χ1) is 19.2. The molecule has 1 fully saturated rings. The summed E-state index contributed by atoms with van der Waals surface area (Å²) in [7, 11) is 8.64. The predicted octanol–water partition coefficient (Wildman–Crippen LogP) is 2.98. The molecule has 2 aromatic rings. The number of likely N-dealkylation sites (N-methyl/N-ethyl adjacent to an activating group) is 1. The summed E-state index contributed by atoms with van der Waals surface area (Å²) < 4.78 is 5.26. The van der Waals surface area contributed by atoms with Crippen LogP contribution in [0.3, 0.4) is 0 Å². The third-order valence-electron chi connectivity index (χ3n) is 9.04. The number of aliphatic hydroxyl groups excluding tert-OH is 2. The molecule has 0 unspecified atom stereocenters. The summed E-state index contributed by atoms with van der Waals surface area (Å²) in [6.45, 7) is 1.49. The number of anilines is 1. The van der Waals surface area contributed by atoms with Gasteiger partial charge in [-0.15, -0.1) is 0 Å². The minimum Gasteiger partial charge on any atom is -0.510 e. The van der Waals surface area contributed by atoms with E-state index in [1.807, 2.05) is 25.1 Å². The number of hydrogen-bond donors (Lipinski definition) is 4. The molecule has 5 rings (SSSR count). The number of Topliss-reactive ketones (excluding diaryl/α,β-unsaturated/α-hetero) is 2. The van der Waals surface area contributed by atoms with Crippen LogP contribution in [-0.4, -0.2) is 79.0 Å². The van der Waals surface area contributed by atoms with Crippen molar-refractivity contribution in [2.75, 3.05) is 40.2 Å². The fraction of sp³-hybridized carbons (Fsp3) is 0.387. The summed E-state index contributed by atoms with van der Waals surface area (Å²) in [5, 5.41) is 34.6. The van der Waals surface area contributed by atoms with Gasteiger partial charge in [-0.1, -0.05) is 12.1 Å². The molecule has 41 heavy (non-hydrogen) atoms. The molecular formula is C31H35N3O7. The second-order valence-corrected chi connectivity index (χ2v) is 11.7. The molecule has 0 bridgehead atoms. The van der Waals surface area contributed by atoms with E-state index in [4.69, 9.17) is 10.5 Å². The Hall–Kier alpha value is -4.31. The molecule has 10 nitrogen and oxygen atoms in total. The van der Waals surface area contributed by atoms with E-state index in [0.29, 0.717) is 28.9 Å². The van der Waals surface area contributed by atoms with Crippen LogP contribution in [0.5, 0.6) is 11.5 Å². The van der Waals surface area contributed by atoms with Crippen LogP contribution in [0.15, 0.2) is 47.2 Å². The highest BCUT2D eigenvalue weighted by Crippen LogP contribution is 2.58. The molecule has 216 valence electrons. The summed E-state index contributed by atoms with van der Waals surface area (Å²) in [5.74, 6) is -4.08. The van der Waals surface area contributed by atoms with Gasteiger partial charge in [0.05, 0.1) is 24.1 Å². The van der Waals surface area contributed by atoms with Gasteiger partial charge in [0.15, 0.2) is 11.6 Å². The highest BCUT2D eigenvalue weighted by atomic mass is 16.5. The minimum absolute atomic E-state index is 0.0605. The number of ketones is 2. The van der Waals surface area contributed by atoms with E-state index in [2.05, 4.69) is 0 Å². The number of aliphatic hydroxyl groups is 2. The van der Waals surface area contributed by atoms with E-state index in [1.165, 1.54) is 6.92 Å². The monoisotopic (exact) mass is 561 g/mol. The smallest absolute Gasteiger partial charge is 0.255 e. The van der Waals surface area contributed by atoms with Crippen LogP contribution in [0.4, 0.5) is 5.69 Å². The van der Waals surface area contributed by atoms with Gasteiger partial charge in [0, 0.05) is 36.8 Å². The Kier molecular flexibility index (Phi) is 6.65. The largest absolute Gasteiger partial charge is 0.510 e. The molecular weight excluding hydrogens is 526 g/mol. The number of primary amides is 1. The van der Waals surface area contributed by atoms with Gasteiger partial charge in [-0.05, 0) is 69.1 Å². The van der Waals surface area contributed by atoms with Crippen LogP contribution < -0.4 is 15.4 Å². The maximum atomic E-state index is 14.3. The average molecular weight is 562 g/mol. The third kappa shape index (κ3) is 3.92. The van der Waals surface area contributed by atoms with E-state index in [1.54, 1.807) is 50.4 Å². The fourth-order valence-electron chi connectivity index (χ4n) is 6.98. The predicted molar refractivity (Wildman–Crippen MR) is 154 cm³/mol. The lowest BCUT2D eigenvalue weighted by atomic mass is 9.53. The molecule has 0 spiro atoms. The number of phenolic OH excluding ortho intramolecular Hbond substituents is 1. The first-order valence-corrected chi connectivity index (χ1v) is 13.4. The van der Waals surface area contributed by atoms with Crippen molar-refractivity contribution in [3.8, 4) is 22.6 Å². The van der Waals surface area contributed by atoms with Crippen molar-refractivity contribution < 1.29 is 34.4 Å². The number of nitrogens with two attached hydrogens (primary N) is 1. The Balaban J connectivity index is 1.76. The second kappa shape index (κ2) is 9.66. The standard InChI is InChI=1S/C31H35N3O7/c1-31-19(24(34(4)5)27(37)23(29(31)39)30(32)40)12-15-11-18-20(33(2)3)13-17(14-7-9-16(41-6)10-8-14)25(35)22(18)26(36)21(15)28(31)38/h7-10,13,15,19,24,35-36,39H,11-12H2,1-6H3,(H2,32,40)/t15-,19-,24-,31+/m0/s1. The van der Waals surface area contributed by atoms with Crippen molar-refractivity contribution in [3.63, 3.8) is 0 Å². The lowest BCUT2D eigenvalue weighted by Crippen LogP contribution is -2.60. The number of amides is 1. The maximum absolute atomic E-state index is 14.3. The normalized spacial score (nSPS) is 25.6. The summed E-state index contributed by atoms with van der Waals surface area (Å²) in [6, 6.07) is 8.08. The molecule has 3 aliphatic rings. The number of carbonyl (C=O) groups excluding carboxylic acids is 3. The van der Waals surface area contributed by atoms with Gasteiger partial charge >= 0.3 is 0 Å². The summed E-state index contributed by atoms with van der Waals surface area (Å²) in [4.78, 5) is 43.5. The Morgan fingerprint density at radius 1 is 1.07 bits per heavy atom. The molecule has 0 radical (unpaired) electrons. The number of methoxy groups -OCH3 is 1. The number of ether oxygens (including phenoxy) is 1. The highest BCUT2D eigenvalue weighted by Gasteiger charge is 2.62. The van der Waals surface area contributed by atoms with Crippen molar-refractivity contribution in [2.45, 2.75) is 25.8 Å². The third-order valence-corrected chi connectivity index (χ3v) is 9.04. The van der Waals surface area contributed by atoms with Gasteiger partial charge in [0.25, 0.3) is 5.91 Å². The van der Waals surface area contributed by atoms with Gasteiger partial charge in [-0.2, -0.15) is 0 Å². The summed E-state index contributed by atoms with van der Waals surface area (Å²) in [5.41, 5.74) is 6.02. The van der Waals surface area contributed by atoms with E-state index in [0.717, 1.165) is 5.69 Å². The molecule has 5 N–H and O–H groups in total. The quantitative estimate of drug-likeness (QED) is 0.404. The fourth-order valence-corrected chi connectivity index (χ4v) is 6.98. The number of rotatable bonds is 5. The Bertz CT molecular complexity index is 1550. The highest BCUT2D eigenvalue weighted by molar-refractivity contribution is 6.24. The van der Waals surface area contributed by atoms with Crippen LogP contribution >= 0.6 is 0 Å².